The SMILES string of the molecule is CNCc1cn([C@@H]2CNOC2)nn1. The molecule has 0 amide bonds. The van der Waals surface area contributed by atoms with Gasteiger partial charge >= 0.3 is 0 Å². The molecule has 1 aromatic rings. The van der Waals surface area contributed by atoms with Crippen LogP contribution in [-0.4, -0.2) is 35.2 Å². The molecule has 2 N–H and O–H groups in total. The standard InChI is InChI=1S/C7H13N5O/c1-8-2-6-4-12(11-10-6)7-3-9-13-5-7/h4,7-9H,2-3,5H2,1H3/t7-/m1/s1. The van der Waals surface area contributed by atoms with Crippen molar-refractivity contribution in [1.29, 1.82) is 0 Å². The molecule has 6 heteroatoms. The molecule has 1 aliphatic rings. The van der Waals surface area contributed by atoms with Gasteiger partial charge in [0.2, 0.25) is 0 Å². The first kappa shape index (κ1) is 8.61. The predicted octanol–water partition coefficient (Wildman–Crippen LogP) is -0.927. The summed E-state index contributed by atoms with van der Waals surface area (Å²) in [4.78, 5) is 5.03. The van der Waals surface area contributed by atoms with Crippen molar-refractivity contribution in [3.8, 4) is 0 Å². The second kappa shape index (κ2) is 3.82. The van der Waals surface area contributed by atoms with Crippen LogP contribution in [0.4, 0.5) is 0 Å². The van der Waals surface area contributed by atoms with Crippen molar-refractivity contribution in [2.45, 2.75) is 12.6 Å². The summed E-state index contributed by atoms with van der Waals surface area (Å²) in [5, 5.41) is 11.1. The molecule has 0 bridgehead atoms. The Kier molecular flexibility index (Phi) is 2.53. The average Bonchev–Trinajstić information content (AvgIpc) is 2.70. The van der Waals surface area contributed by atoms with Gasteiger partial charge in [0, 0.05) is 13.1 Å². The van der Waals surface area contributed by atoms with Crippen LogP contribution in [-0.2, 0) is 11.4 Å². The average molecular weight is 183 g/mol. The molecule has 1 aliphatic heterocycles. The molecule has 13 heavy (non-hydrogen) atoms. The largest absolute Gasteiger partial charge is 0.314 e. The van der Waals surface area contributed by atoms with Crippen molar-refractivity contribution < 1.29 is 4.84 Å². The Morgan fingerprint density at radius 3 is 3.46 bits per heavy atom. The first-order valence-corrected chi connectivity index (χ1v) is 4.30. The van der Waals surface area contributed by atoms with Crippen molar-refractivity contribution in [3.63, 3.8) is 0 Å². The molecule has 1 aromatic heterocycles. The normalized spacial score (nSPS) is 22.4. The highest BCUT2D eigenvalue weighted by Gasteiger charge is 2.18. The number of hydrogen-bond acceptors (Lipinski definition) is 5. The van der Waals surface area contributed by atoms with Gasteiger partial charge in [-0.25, -0.2) is 10.2 Å². The molecular formula is C7H13N5O. The molecule has 72 valence electrons. The molecule has 0 aromatic carbocycles. The Labute approximate surface area is 76.2 Å². The predicted molar refractivity (Wildman–Crippen MR) is 45.8 cm³/mol. The van der Waals surface area contributed by atoms with Crippen LogP contribution < -0.4 is 10.8 Å². The van der Waals surface area contributed by atoms with Gasteiger partial charge in [0.05, 0.1) is 24.5 Å². The highest BCUT2D eigenvalue weighted by molar-refractivity contribution is 4.93. The zero-order valence-electron chi connectivity index (χ0n) is 7.53. The van der Waals surface area contributed by atoms with Crippen LogP contribution >= 0.6 is 0 Å². The van der Waals surface area contributed by atoms with Crippen molar-refractivity contribution in [2.24, 2.45) is 0 Å². The van der Waals surface area contributed by atoms with Crippen molar-refractivity contribution >= 4 is 0 Å². The molecule has 1 fully saturated rings. The summed E-state index contributed by atoms with van der Waals surface area (Å²) in [6.45, 7) is 2.20. The Bertz CT molecular complexity index is 268. The van der Waals surface area contributed by atoms with E-state index in [1.165, 1.54) is 0 Å². The Morgan fingerprint density at radius 2 is 2.77 bits per heavy atom. The number of aromatic nitrogens is 3. The van der Waals surface area contributed by atoms with Crippen LogP contribution in [0.3, 0.4) is 0 Å². The number of hydroxylamine groups is 1. The minimum absolute atomic E-state index is 0.276. The molecule has 0 radical (unpaired) electrons. The Hall–Kier alpha value is -0.980. The van der Waals surface area contributed by atoms with Gasteiger partial charge < -0.3 is 5.32 Å². The number of nitrogens with zero attached hydrogens (tertiary/aromatic N) is 3. The lowest BCUT2D eigenvalue weighted by Crippen LogP contribution is -2.14. The summed E-state index contributed by atoms with van der Waals surface area (Å²) in [6.07, 6.45) is 1.94. The molecule has 2 heterocycles. The van der Waals surface area contributed by atoms with Crippen LogP contribution in [0.2, 0.25) is 0 Å². The second-order valence-electron chi connectivity index (χ2n) is 3.03. The number of rotatable bonds is 3. The monoisotopic (exact) mass is 183 g/mol. The summed E-state index contributed by atoms with van der Waals surface area (Å²) in [7, 11) is 1.89. The van der Waals surface area contributed by atoms with Gasteiger partial charge in [-0.05, 0) is 7.05 Å². The summed E-state index contributed by atoms with van der Waals surface area (Å²) in [5.74, 6) is 0. The third-order valence-electron chi connectivity index (χ3n) is 1.99. The number of nitrogens with one attached hydrogen (secondary N) is 2. The van der Waals surface area contributed by atoms with Crippen molar-refractivity contribution in [1.82, 2.24) is 25.8 Å². The van der Waals surface area contributed by atoms with E-state index in [4.69, 9.17) is 4.84 Å². The minimum Gasteiger partial charge on any atom is -0.314 e. The smallest absolute Gasteiger partial charge is 0.0964 e. The number of hydrogen-bond donors (Lipinski definition) is 2. The van der Waals surface area contributed by atoms with E-state index in [0.29, 0.717) is 6.61 Å². The van der Waals surface area contributed by atoms with Gasteiger partial charge in [0.25, 0.3) is 0 Å². The summed E-state index contributed by atoms with van der Waals surface area (Å²) >= 11 is 0. The van der Waals surface area contributed by atoms with E-state index in [0.717, 1.165) is 18.8 Å². The molecule has 1 saturated heterocycles. The fourth-order valence-electron chi connectivity index (χ4n) is 1.29. The van der Waals surface area contributed by atoms with Crippen molar-refractivity contribution in [3.05, 3.63) is 11.9 Å². The van der Waals surface area contributed by atoms with Gasteiger partial charge in [-0.1, -0.05) is 5.21 Å². The molecule has 0 spiro atoms. The maximum absolute atomic E-state index is 5.03. The van der Waals surface area contributed by atoms with Crippen LogP contribution in [0.15, 0.2) is 6.20 Å². The fraction of sp³-hybridized carbons (Fsp3) is 0.714. The van der Waals surface area contributed by atoms with Crippen LogP contribution in [0.1, 0.15) is 11.7 Å². The van der Waals surface area contributed by atoms with E-state index < -0.39 is 0 Å². The first-order valence-electron chi connectivity index (χ1n) is 4.30. The van der Waals surface area contributed by atoms with Crippen LogP contribution in [0.25, 0.3) is 0 Å². The zero-order chi connectivity index (χ0) is 9.10. The van der Waals surface area contributed by atoms with Gasteiger partial charge in [0.1, 0.15) is 0 Å². The minimum atomic E-state index is 0.276. The zero-order valence-corrected chi connectivity index (χ0v) is 7.53. The Balaban J connectivity index is 2.03. The highest BCUT2D eigenvalue weighted by atomic mass is 16.7. The summed E-state index contributed by atoms with van der Waals surface area (Å²) in [6, 6.07) is 0.276. The van der Waals surface area contributed by atoms with Crippen molar-refractivity contribution in [2.75, 3.05) is 20.2 Å². The van der Waals surface area contributed by atoms with Gasteiger partial charge in [0.15, 0.2) is 0 Å². The quantitative estimate of drug-likeness (QED) is 0.634. The third-order valence-corrected chi connectivity index (χ3v) is 1.99. The van der Waals surface area contributed by atoms with Gasteiger partial charge in [-0.15, -0.1) is 5.10 Å². The lowest BCUT2D eigenvalue weighted by atomic mass is 10.3. The topological polar surface area (TPSA) is 64.0 Å². The summed E-state index contributed by atoms with van der Waals surface area (Å²) in [5.41, 5.74) is 3.76. The van der Waals surface area contributed by atoms with E-state index in [2.05, 4.69) is 21.1 Å². The summed E-state index contributed by atoms with van der Waals surface area (Å²) < 4.78 is 1.84. The molecule has 0 unspecified atom stereocenters. The molecule has 6 nitrogen and oxygen atoms in total. The molecule has 1 atom stereocenters. The van der Waals surface area contributed by atoms with Crippen LogP contribution in [0.5, 0.6) is 0 Å². The van der Waals surface area contributed by atoms with E-state index in [1.54, 1.807) is 0 Å². The fourth-order valence-corrected chi connectivity index (χ4v) is 1.29. The van der Waals surface area contributed by atoms with Crippen LogP contribution in [0, 0.1) is 0 Å². The first-order chi connectivity index (χ1) is 6.40. The van der Waals surface area contributed by atoms with E-state index in [1.807, 2.05) is 17.9 Å². The van der Waals surface area contributed by atoms with E-state index in [9.17, 15) is 0 Å². The molecule has 0 saturated carbocycles. The molecule has 0 aliphatic carbocycles. The third kappa shape index (κ3) is 1.85. The van der Waals surface area contributed by atoms with E-state index >= 15 is 0 Å². The molecule has 2 rings (SSSR count). The Morgan fingerprint density at radius 1 is 1.85 bits per heavy atom. The highest BCUT2D eigenvalue weighted by Crippen LogP contribution is 2.08. The molecular weight excluding hydrogens is 170 g/mol. The maximum Gasteiger partial charge on any atom is 0.0964 e. The lowest BCUT2D eigenvalue weighted by molar-refractivity contribution is 0.0968. The second-order valence-corrected chi connectivity index (χ2v) is 3.03. The van der Waals surface area contributed by atoms with Gasteiger partial charge in [-0.2, -0.15) is 0 Å². The lowest BCUT2D eigenvalue weighted by Gasteiger charge is -2.03. The van der Waals surface area contributed by atoms with Gasteiger partial charge in [-0.3, -0.25) is 4.84 Å². The maximum atomic E-state index is 5.03. The van der Waals surface area contributed by atoms with E-state index in [-0.39, 0.29) is 6.04 Å².